The van der Waals surface area contributed by atoms with Crippen LogP contribution in [0.15, 0.2) is 42.5 Å². The van der Waals surface area contributed by atoms with Gasteiger partial charge in [0.2, 0.25) is 5.91 Å². The first kappa shape index (κ1) is 24.1. The molecule has 32 heavy (non-hydrogen) atoms. The molecule has 0 spiro atoms. The van der Waals surface area contributed by atoms with Crippen LogP contribution >= 0.6 is 11.6 Å². The van der Waals surface area contributed by atoms with Crippen molar-refractivity contribution in [2.45, 2.75) is 32.0 Å². The van der Waals surface area contributed by atoms with Crippen LogP contribution in [0.25, 0.3) is 0 Å². The predicted octanol–water partition coefficient (Wildman–Crippen LogP) is 5.29. The Morgan fingerprint density at radius 1 is 1.12 bits per heavy atom. The Hall–Kier alpha value is -2.58. The maximum Gasteiger partial charge on any atom is 0.418 e. The molecule has 2 aromatic rings. The van der Waals surface area contributed by atoms with Gasteiger partial charge >= 0.3 is 6.18 Å². The van der Waals surface area contributed by atoms with Gasteiger partial charge in [-0.3, -0.25) is 14.5 Å². The summed E-state index contributed by atoms with van der Waals surface area (Å²) in [5.41, 5.74) is -0.713. The fraction of sp³-hybridized carbons (Fsp3) is 0.391. The zero-order valence-corrected chi connectivity index (χ0v) is 18.5. The Morgan fingerprint density at radius 3 is 2.31 bits per heavy atom. The molecule has 1 aliphatic rings. The largest absolute Gasteiger partial charge is 0.497 e. The second-order valence-electron chi connectivity index (χ2n) is 7.76. The van der Waals surface area contributed by atoms with E-state index in [0.29, 0.717) is 37.2 Å². The molecule has 1 saturated heterocycles. The second kappa shape index (κ2) is 9.92. The molecular weight excluding hydrogens is 445 g/mol. The zero-order valence-electron chi connectivity index (χ0n) is 17.7. The summed E-state index contributed by atoms with van der Waals surface area (Å²) >= 11 is 5.69. The lowest BCUT2D eigenvalue weighted by molar-refractivity contribution is -0.137. The molecule has 1 N–H and O–H groups in total. The number of rotatable bonds is 6. The van der Waals surface area contributed by atoms with Gasteiger partial charge in [0.1, 0.15) is 5.75 Å². The number of piperidine rings is 1. The number of halogens is 4. The highest BCUT2D eigenvalue weighted by Gasteiger charge is 2.35. The van der Waals surface area contributed by atoms with Crippen LogP contribution in [0.2, 0.25) is 5.02 Å². The first-order valence-electron chi connectivity index (χ1n) is 10.2. The summed E-state index contributed by atoms with van der Waals surface area (Å²) in [6.45, 7) is 2.63. The fourth-order valence-corrected chi connectivity index (χ4v) is 3.98. The van der Waals surface area contributed by atoms with Crippen LogP contribution in [-0.2, 0) is 11.0 Å². The van der Waals surface area contributed by atoms with Gasteiger partial charge in [-0.1, -0.05) is 11.6 Å². The van der Waals surface area contributed by atoms with Gasteiger partial charge in [-0.15, -0.1) is 0 Å². The van der Waals surface area contributed by atoms with E-state index >= 15 is 0 Å². The van der Waals surface area contributed by atoms with Gasteiger partial charge in [-0.2, -0.15) is 13.2 Å². The summed E-state index contributed by atoms with van der Waals surface area (Å²) in [5.74, 6) is 0.00622. The van der Waals surface area contributed by atoms with Crippen LogP contribution < -0.4 is 10.1 Å². The number of ketones is 1. The van der Waals surface area contributed by atoms with E-state index in [9.17, 15) is 22.8 Å². The van der Waals surface area contributed by atoms with Crippen LogP contribution in [0.1, 0.15) is 35.7 Å². The summed E-state index contributed by atoms with van der Waals surface area (Å²) in [4.78, 5) is 27.3. The number of hydrogen-bond donors (Lipinski definition) is 1. The number of amides is 1. The van der Waals surface area contributed by atoms with E-state index in [1.807, 2.05) is 4.90 Å². The molecule has 0 bridgehead atoms. The van der Waals surface area contributed by atoms with Crippen LogP contribution in [0.3, 0.4) is 0 Å². The molecule has 0 aliphatic carbocycles. The highest BCUT2D eigenvalue weighted by Crippen LogP contribution is 2.36. The van der Waals surface area contributed by atoms with Crippen molar-refractivity contribution in [2.24, 2.45) is 5.92 Å². The number of carbonyl (C=O) groups is 2. The lowest BCUT2D eigenvalue weighted by Gasteiger charge is -2.35. The average Bonchev–Trinajstić information content (AvgIpc) is 2.78. The number of methoxy groups -OCH3 is 1. The quantitative estimate of drug-likeness (QED) is 0.585. The monoisotopic (exact) mass is 468 g/mol. The van der Waals surface area contributed by atoms with Crippen LogP contribution in [0, 0.1) is 5.92 Å². The van der Waals surface area contributed by atoms with Gasteiger partial charge < -0.3 is 10.1 Å². The van der Waals surface area contributed by atoms with E-state index in [4.69, 9.17) is 16.3 Å². The van der Waals surface area contributed by atoms with Gasteiger partial charge in [0.15, 0.2) is 5.78 Å². The molecule has 1 unspecified atom stereocenters. The third-order valence-electron chi connectivity index (χ3n) is 5.75. The zero-order chi connectivity index (χ0) is 23.5. The topological polar surface area (TPSA) is 58.6 Å². The molecule has 1 fully saturated rings. The van der Waals surface area contributed by atoms with Crippen molar-refractivity contribution in [2.75, 3.05) is 25.5 Å². The SMILES string of the molecule is COc1ccc(C(=O)C2CCN(C(C)C(=O)Nc3ccc(Cl)cc3C(F)(F)F)CC2)cc1. The van der Waals surface area contributed by atoms with E-state index in [1.54, 1.807) is 38.3 Å². The Bertz CT molecular complexity index is 971. The summed E-state index contributed by atoms with van der Waals surface area (Å²) < 4.78 is 44.9. The number of alkyl halides is 3. The Labute approximate surface area is 189 Å². The first-order chi connectivity index (χ1) is 15.1. The fourth-order valence-electron chi connectivity index (χ4n) is 3.80. The molecule has 0 radical (unpaired) electrons. The minimum atomic E-state index is -4.64. The number of nitrogens with zero attached hydrogens (tertiary/aromatic N) is 1. The van der Waals surface area contributed by atoms with Gasteiger partial charge in [-0.05, 0) is 75.3 Å². The molecule has 0 saturated carbocycles. The number of ether oxygens (including phenoxy) is 1. The number of hydrogen-bond acceptors (Lipinski definition) is 4. The van der Waals surface area contributed by atoms with E-state index in [1.165, 1.54) is 6.07 Å². The number of Topliss-reactive ketones (excluding diaryl/α,β-unsaturated/α-hetero) is 1. The van der Waals surface area contributed by atoms with Gasteiger partial charge in [0, 0.05) is 16.5 Å². The average molecular weight is 469 g/mol. The maximum absolute atomic E-state index is 13.3. The molecule has 3 rings (SSSR count). The minimum Gasteiger partial charge on any atom is -0.497 e. The number of anilines is 1. The minimum absolute atomic E-state index is 0.0420. The first-order valence-corrected chi connectivity index (χ1v) is 10.6. The summed E-state index contributed by atoms with van der Waals surface area (Å²) in [6, 6.07) is 9.52. The standard InChI is InChI=1S/C23H24ClF3N2O3/c1-14(22(31)28-20-8-5-17(24)13-19(20)23(25,26)27)29-11-9-16(10-12-29)21(30)15-3-6-18(32-2)7-4-15/h3-8,13-14,16H,9-12H2,1-2H3,(H,28,31). The molecular formula is C23H24ClF3N2O3. The number of likely N-dealkylation sites (tertiary alicyclic amines) is 1. The van der Waals surface area contributed by atoms with E-state index in [-0.39, 0.29) is 22.4 Å². The lowest BCUT2D eigenvalue weighted by Crippen LogP contribution is -2.47. The van der Waals surface area contributed by atoms with Crippen molar-refractivity contribution in [3.8, 4) is 5.75 Å². The van der Waals surface area contributed by atoms with Crippen molar-refractivity contribution in [1.29, 1.82) is 0 Å². The van der Waals surface area contributed by atoms with Gasteiger partial charge in [0.05, 0.1) is 24.4 Å². The van der Waals surface area contributed by atoms with Crippen molar-refractivity contribution >= 4 is 29.0 Å². The molecule has 9 heteroatoms. The number of benzene rings is 2. The smallest absolute Gasteiger partial charge is 0.418 e. The highest BCUT2D eigenvalue weighted by molar-refractivity contribution is 6.30. The molecule has 5 nitrogen and oxygen atoms in total. The molecule has 2 aromatic carbocycles. The maximum atomic E-state index is 13.3. The van der Waals surface area contributed by atoms with Crippen LogP contribution in [0.5, 0.6) is 5.75 Å². The highest BCUT2D eigenvalue weighted by atomic mass is 35.5. The van der Waals surface area contributed by atoms with Crippen LogP contribution in [0.4, 0.5) is 18.9 Å². The molecule has 1 heterocycles. The van der Waals surface area contributed by atoms with Crippen LogP contribution in [-0.4, -0.2) is 42.8 Å². The van der Waals surface area contributed by atoms with E-state index in [0.717, 1.165) is 12.1 Å². The van der Waals surface area contributed by atoms with Gasteiger partial charge in [-0.25, -0.2) is 0 Å². The summed E-state index contributed by atoms with van der Waals surface area (Å²) in [7, 11) is 1.56. The summed E-state index contributed by atoms with van der Waals surface area (Å²) in [5, 5.41) is 2.31. The van der Waals surface area contributed by atoms with E-state index < -0.39 is 23.7 Å². The van der Waals surface area contributed by atoms with Crippen molar-refractivity contribution in [3.05, 3.63) is 58.6 Å². The number of carbonyl (C=O) groups excluding carboxylic acids is 2. The third kappa shape index (κ3) is 5.61. The second-order valence-corrected chi connectivity index (χ2v) is 8.19. The Morgan fingerprint density at radius 2 is 1.75 bits per heavy atom. The molecule has 1 atom stereocenters. The van der Waals surface area contributed by atoms with Crippen molar-refractivity contribution in [1.82, 2.24) is 4.90 Å². The Kier molecular flexibility index (Phi) is 7.46. The Balaban J connectivity index is 1.60. The molecule has 1 aliphatic heterocycles. The molecule has 0 aromatic heterocycles. The van der Waals surface area contributed by atoms with Gasteiger partial charge in [0.25, 0.3) is 0 Å². The van der Waals surface area contributed by atoms with Crippen molar-refractivity contribution < 1.29 is 27.5 Å². The normalized spacial score (nSPS) is 16.4. The molecule has 1 amide bonds. The molecule has 172 valence electrons. The number of nitrogens with one attached hydrogen (secondary N) is 1. The summed E-state index contributed by atoms with van der Waals surface area (Å²) in [6.07, 6.45) is -3.51. The van der Waals surface area contributed by atoms with E-state index in [2.05, 4.69) is 5.32 Å². The third-order valence-corrected chi connectivity index (χ3v) is 5.98. The predicted molar refractivity (Wildman–Crippen MR) is 116 cm³/mol. The van der Waals surface area contributed by atoms with Crippen molar-refractivity contribution in [3.63, 3.8) is 0 Å². The lowest BCUT2D eigenvalue weighted by atomic mass is 9.88.